The molecule has 1 atom stereocenters. The number of rotatable bonds is 8. The molecule has 0 saturated heterocycles. The summed E-state index contributed by atoms with van der Waals surface area (Å²) < 4.78 is 12.9. The number of carbonyl (C=O) groups is 1. The molecule has 2 N–H and O–H groups in total. The maximum absolute atomic E-state index is 12.1. The van der Waals surface area contributed by atoms with Crippen molar-refractivity contribution in [2.75, 3.05) is 24.0 Å². The van der Waals surface area contributed by atoms with Crippen LogP contribution in [0.5, 0.6) is 0 Å². The van der Waals surface area contributed by atoms with Crippen LogP contribution in [0.2, 0.25) is 0 Å². The Balaban J connectivity index is 1.44. The van der Waals surface area contributed by atoms with E-state index in [1.165, 1.54) is 6.33 Å². The fourth-order valence-electron chi connectivity index (χ4n) is 3.18. The van der Waals surface area contributed by atoms with Crippen LogP contribution in [0.3, 0.4) is 0 Å². The second-order valence-electron chi connectivity index (χ2n) is 7.38. The first-order chi connectivity index (χ1) is 16.0. The lowest BCUT2D eigenvalue weighted by Crippen LogP contribution is -2.27. The minimum absolute atomic E-state index is 0.198. The lowest BCUT2D eigenvalue weighted by Gasteiger charge is -2.05. The van der Waals surface area contributed by atoms with Crippen molar-refractivity contribution in [1.82, 2.24) is 25.1 Å². The molecule has 1 amide bonds. The number of anilines is 1. The molecule has 0 aliphatic heterocycles. The molecule has 168 valence electrons. The molecule has 2 aromatic carbocycles. The van der Waals surface area contributed by atoms with Gasteiger partial charge in [-0.05, 0) is 42.3 Å². The van der Waals surface area contributed by atoms with E-state index in [1.54, 1.807) is 47.6 Å². The van der Waals surface area contributed by atoms with Crippen molar-refractivity contribution in [1.29, 1.82) is 0 Å². The van der Waals surface area contributed by atoms with Gasteiger partial charge in [0.05, 0.1) is 23.5 Å². The summed E-state index contributed by atoms with van der Waals surface area (Å²) in [5.74, 6) is 0.776. The number of hydrazone groups is 1. The number of hydrogen-bond donors (Lipinski definition) is 2. The largest absolute Gasteiger partial charge is 0.351 e. The Hall–Kier alpha value is -3.92. The smallest absolute Gasteiger partial charge is 0.251 e. The van der Waals surface area contributed by atoms with Crippen molar-refractivity contribution in [3.8, 4) is 5.69 Å². The third-order valence-corrected chi connectivity index (χ3v) is 5.62. The molecular formula is C23H23N7O2S. The molecule has 0 fully saturated rings. The summed E-state index contributed by atoms with van der Waals surface area (Å²) in [7, 11) is -0.934. The van der Waals surface area contributed by atoms with Crippen molar-refractivity contribution in [2.24, 2.45) is 5.10 Å². The lowest BCUT2D eigenvalue weighted by molar-refractivity contribution is 0.0956. The van der Waals surface area contributed by atoms with E-state index in [2.05, 4.69) is 30.9 Å². The molecule has 0 bridgehead atoms. The summed E-state index contributed by atoms with van der Waals surface area (Å²) >= 11 is 0. The van der Waals surface area contributed by atoms with Gasteiger partial charge in [-0.3, -0.25) is 14.4 Å². The van der Waals surface area contributed by atoms with Crippen LogP contribution >= 0.6 is 0 Å². The van der Waals surface area contributed by atoms with Crippen molar-refractivity contribution in [3.63, 3.8) is 0 Å². The molecule has 0 radical (unpaired) electrons. The quantitative estimate of drug-likeness (QED) is 0.308. The SMILES string of the molecule is Cc1cccc(-n2ncc3c(N/N=C/c4ccc(C(=O)NCCS(C)=O)cc4)ncnc32)c1. The minimum Gasteiger partial charge on any atom is -0.351 e. The van der Waals surface area contributed by atoms with E-state index in [1.807, 2.05) is 31.2 Å². The first-order valence-corrected chi connectivity index (χ1v) is 12.0. The molecule has 4 aromatic rings. The Bertz CT molecular complexity index is 1330. The Labute approximate surface area is 193 Å². The molecule has 33 heavy (non-hydrogen) atoms. The van der Waals surface area contributed by atoms with Gasteiger partial charge < -0.3 is 5.32 Å². The molecular weight excluding hydrogens is 438 g/mol. The number of carbonyl (C=O) groups excluding carboxylic acids is 1. The van der Waals surface area contributed by atoms with E-state index in [-0.39, 0.29) is 5.91 Å². The fraction of sp³-hybridized carbons (Fsp3) is 0.174. The maximum Gasteiger partial charge on any atom is 0.251 e. The number of aromatic nitrogens is 4. The van der Waals surface area contributed by atoms with Gasteiger partial charge in [0.1, 0.15) is 6.33 Å². The molecule has 2 heterocycles. The third kappa shape index (κ3) is 5.47. The second kappa shape index (κ2) is 10.1. The lowest BCUT2D eigenvalue weighted by atomic mass is 10.1. The highest BCUT2D eigenvalue weighted by Crippen LogP contribution is 2.22. The summed E-state index contributed by atoms with van der Waals surface area (Å²) in [6.45, 7) is 2.41. The Morgan fingerprint density at radius 3 is 2.76 bits per heavy atom. The molecule has 0 aliphatic rings. The molecule has 0 saturated carbocycles. The Morgan fingerprint density at radius 1 is 1.18 bits per heavy atom. The highest BCUT2D eigenvalue weighted by molar-refractivity contribution is 7.84. The summed E-state index contributed by atoms with van der Waals surface area (Å²) in [6.07, 6.45) is 6.42. The van der Waals surface area contributed by atoms with Crippen molar-refractivity contribution in [3.05, 3.63) is 77.7 Å². The first kappa shape index (κ1) is 22.3. The number of aryl methyl sites for hydroxylation is 1. The number of nitrogens with one attached hydrogen (secondary N) is 2. The molecule has 10 heteroatoms. The molecule has 2 aromatic heterocycles. The van der Waals surface area contributed by atoms with Crippen LogP contribution in [0.25, 0.3) is 16.7 Å². The maximum atomic E-state index is 12.1. The van der Waals surface area contributed by atoms with E-state index < -0.39 is 10.8 Å². The molecule has 1 unspecified atom stereocenters. The topological polar surface area (TPSA) is 114 Å². The zero-order valence-electron chi connectivity index (χ0n) is 18.2. The third-order valence-electron chi connectivity index (χ3n) is 4.84. The highest BCUT2D eigenvalue weighted by Gasteiger charge is 2.11. The molecule has 4 rings (SSSR count). The van der Waals surface area contributed by atoms with Crippen molar-refractivity contribution < 1.29 is 9.00 Å². The van der Waals surface area contributed by atoms with Gasteiger partial charge in [0.2, 0.25) is 0 Å². The van der Waals surface area contributed by atoms with E-state index in [4.69, 9.17) is 0 Å². The summed E-state index contributed by atoms with van der Waals surface area (Å²) in [5.41, 5.74) is 7.02. The van der Waals surface area contributed by atoms with Crippen LogP contribution in [0.4, 0.5) is 5.82 Å². The van der Waals surface area contributed by atoms with Gasteiger partial charge in [-0.15, -0.1) is 0 Å². The highest BCUT2D eigenvalue weighted by atomic mass is 32.2. The zero-order valence-corrected chi connectivity index (χ0v) is 19.0. The predicted octanol–water partition coefficient (Wildman–Crippen LogP) is 2.68. The Morgan fingerprint density at radius 2 is 2.00 bits per heavy atom. The van der Waals surface area contributed by atoms with Crippen LogP contribution in [0.15, 0.2) is 66.2 Å². The Kier molecular flexibility index (Phi) is 6.84. The van der Waals surface area contributed by atoms with E-state index >= 15 is 0 Å². The van der Waals surface area contributed by atoms with Gasteiger partial charge >= 0.3 is 0 Å². The first-order valence-electron chi connectivity index (χ1n) is 10.2. The van der Waals surface area contributed by atoms with E-state index in [9.17, 15) is 9.00 Å². The van der Waals surface area contributed by atoms with Gasteiger partial charge in [0, 0.05) is 34.9 Å². The average molecular weight is 462 g/mol. The normalized spacial score (nSPS) is 12.2. The van der Waals surface area contributed by atoms with Gasteiger partial charge in [-0.25, -0.2) is 14.6 Å². The molecule has 9 nitrogen and oxygen atoms in total. The number of fused-ring (bicyclic) bond motifs is 1. The van der Waals surface area contributed by atoms with Crippen LogP contribution < -0.4 is 10.7 Å². The minimum atomic E-state index is -0.934. The number of nitrogens with zero attached hydrogens (tertiary/aromatic N) is 5. The zero-order chi connectivity index (χ0) is 23.2. The second-order valence-corrected chi connectivity index (χ2v) is 8.93. The number of hydrogen-bond acceptors (Lipinski definition) is 7. The average Bonchev–Trinajstić information content (AvgIpc) is 3.24. The van der Waals surface area contributed by atoms with Crippen molar-refractivity contribution >= 4 is 39.8 Å². The summed E-state index contributed by atoms with van der Waals surface area (Å²) in [4.78, 5) is 20.8. The summed E-state index contributed by atoms with van der Waals surface area (Å²) in [5, 5.41) is 12.2. The van der Waals surface area contributed by atoms with Gasteiger partial charge in [-0.1, -0.05) is 24.3 Å². The number of benzene rings is 2. The standard InChI is InChI=1S/C23H23N7O2S/c1-16-4-3-5-19(12-16)30-22-20(14-28-30)21(25-15-26-22)29-27-13-17-6-8-18(9-7-17)23(31)24-10-11-33(2)32/h3-9,12-15H,10-11H2,1-2H3,(H,24,31)(H,25,26,29)/b27-13+. The summed E-state index contributed by atoms with van der Waals surface area (Å²) in [6, 6.07) is 15.0. The van der Waals surface area contributed by atoms with Crippen LogP contribution in [-0.2, 0) is 10.8 Å². The van der Waals surface area contributed by atoms with Gasteiger partial charge in [0.15, 0.2) is 11.5 Å². The van der Waals surface area contributed by atoms with Gasteiger partial charge in [0.25, 0.3) is 5.91 Å². The van der Waals surface area contributed by atoms with E-state index in [0.29, 0.717) is 29.3 Å². The van der Waals surface area contributed by atoms with Crippen LogP contribution in [-0.4, -0.2) is 54.6 Å². The van der Waals surface area contributed by atoms with E-state index in [0.717, 1.165) is 22.2 Å². The fourth-order valence-corrected chi connectivity index (χ4v) is 3.57. The molecule has 0 aliphatic carbocycles. The van der Waals surface area contributed by atoms with Crippen molar-refractivity contribution in [2.45, 2.75) is 6.92 Å². The van der Waals surface area contributed by atoms with Crippen LogP contribution in [0.1, 0.15) is 21.5 Å². The predicted molar refractivity (Wildman–Crippen MR) is 130 cm³/mol. The number of amides is 1. The monoisotopic (exact) mass is 461 g/mol. The van der Waals surface area contributed by atoms with Crippen LogP contribution in [0, 0.1) is 6.92 Å². The van der Waals surface area contributed by atoms with Gasteiger partial charge in [-0.2, -0.15) is 10.2 Å². The molecule has 0 spiro atoms.